The molecule has 1 saturated heterocycles. The second-order valence-corrected chi connectivity index (χ2v) is 4.24. The summed E-state index contributed by atoms with van der Waals surface area (Å²) < 4.78 is 41.9. The molecule has 0 aromatic carbocycles. The Hall–Kier alpha value is -0.860. The number of carbonyl (C=O) groups is 1. The summed E-state index contributed by atoms with van der Waals surface area (Å²) >= 11 is 0. The third kappa shape index (κ3) is 5.19. The molecular formula is C10H16F3NO4. The third-order valence-corrected chi connectivity index (χ3v) is 2.66. The maximum Gasteiger partial charge on any atom is 0.401 e. The summed E-state index contributed by atoms with van der Waals surface area (Å²) in [5, 5.41) is 17.4. The Balaban J connectivity index is 2.44. The number of nitrogens with zero attached hydrogens (tertiary/aromatic N) is 1. The van der Waals surface area contributed by atoms with Gasteiger partial charge in [0.25, 0.3) is 0 Å². The molecule has 106 valence electrons. The fourth-order valence-corrected chi connectivity index (χ4v) is 1.94. The minimum absolute atomic E-state index is 0.0240. The summed E-state index contributed by atoms with van der Waals surface area (Å²) in [7, 11) is 0. The van der Waals surface area contributed by atoms with Crippen LogP contribution in [0.25, 0.3) is 0 Å². The van der Waals surface area contributed by atoms with Gasteiger partial charge in [0.2, 0.25) is 0 Å². The van der Waals surface area contributed by atoms with Crippen molar-refractivity contribution in [3.8, 4) is 0 Å². The van der Waals surface area contributed by atoms with E-state index < -0.39 is 30.9 Å². The fourth-order valence-electron chi connectivity index (χ4n) is 1.94. The summed E-state index contributed by atoms with van der Waals surface area (Å²) in [6.45, 7) is -1.66. The first-order chi connectivity index (χ1) is 8.31. The number of aliphatic hydroxyl groups excluding tert-OH is 1. The maximum atomic E-state index is 12.2. The van der Waals surface area contributed by atoms with Crippen LogP contribution in [0.3, 0.4) is 0 Å². The zero-order chi connectivity index (χ0) is 13.8. The molecule has 1 aliphatic heterocycles. The number of carboxylic acid groups (broad SMARTS) is 1. The second-order valence-electron chi connectivity index (χ2n) is 4.24. The van der Waals surface area contributed by atoms with E-state index in [-0.39, 0.29) is 19.7 Å². The van der Waals surface area contributed by atoms with Gasteiger partial charge in [0, 0.05) is 13.1 Å². The van der Waals surface area contributed by atoms with Crippen LogP contribution in [-0.4, -0.2) is 65.7 Å². The van der Waals surface area contributed by atoms with Crippen LogP contribution in [0.2, 0.25) is 0 Å². The van der Waals surface area contributed by atoms with E-state index in [4.69, 9.17) is 14.9 Å². The Labute approximate surface area is 102 Å². The molecule has 1 rings (SSSR count). The number of ether oxygens (including phenoxy) is 1. The number of hydrogen-bond acceptors (Lipinski definition) is 4. The summed E-state index contributed by atoms with van der Waals surface area (Å²) in [6, 6.07) is 0. The average Bonchev–Trinajstić information content (AvgIpc) is 2.64. The van der Waals surface area contributed by atoms with Gasteiger partial charge in [-0.2, -0.15) is 13.2 Å². The Morgan fingerprint density at radius 2 is 2.06 bits per heavy atom. The number of rotatable bonds is 6. The molecule has 5 nitrogen and oxygen atoms in total. The third-order valence-electron chi connectivity index (χ3n) is 2.66. The van der Waals surface area contributed by atoms with Gasteiger partial charge in [0.1, 0.15) is 0 Å². The SMILES string of the molecule is O=C(O)C1CCC(CN(CCO)CC(F)(F)F)O1. The Morgan fingerprint density at radius 3 is 2.50 bits per heavy atom. The van der Waals surface area contributed by atoms with Crippen LogP contribution in [0, 0.1) is 0 Å². The monoisotopic (exact) mass is 271 g/mol. The summed E-state index contributed by atoms with van der Waals surface area (Å²) in [5.41, 5.74) is 0. The van der Waals surface area contributed by atoms with Crippen LogP contribution >= 0.6 is 0 Å². The van der Waals surface area contributed by atoms with E-state index in [1.807, 2.05) is 0 Å². The van der Waals surface area contributed by atoms with Crippen LogP contribution in [0.5, 0.6) is 0 Å². The molecule has 1 heterocycles. The quantitative estimate of drug-likeness (QED) is 0.735. The highest BCUT2D eigenvalue weighted by Crippen LogP contribution is 2.22. The normalized spacial score (nSPS) is 24.7. The van der Waals surface area contributed by atoms with Crippen molar-refractivity contribution in [2.45, 2.75) is 31.2 Å². The smallest absolute Gasteiger partial charge is 0.401 e. The molecule has 0 saturated carbocycles. The number of carboxylic acids is 1. The Bertz CT molecular complexity index is 285. The molecule has 8 heteroatoms. The van der Waals surface area contributed by atoms with Gasteiger partial charge in [-0.05, 0) is 12.8 Å². The minimum atomic E-state index is -4.35. The molecule has 0 aliphatic carbocycles. The lowest BCUT2D eigenvalue weighted by Crippen LogP contribution is -2.41. The Morgan fingerprint density at radius 1 is 1.39 bits per heavy atom. The molecule has 2 unspecified atom stereocenters. The summed E-state index contributed by atoms with van der Waals surface area (Å²) in [5.74, 6) is -1.10. The molecule has 2 atom stereocenters. The zero-order valence-electron chi connectivity index (χ0n) is 9.69. The number of hydrogen-bond donors (Lipinski definition) is 2. The van der Waals surface area contributed by atoms with E-state index in [0.29, 0.717) is 12.8 Å². The zero-order valence-corrected chi connectivity index (χ0v) is 9.69. The van der Waals surface area contributed by atoms with Crippen molar-refractivity contribution in [1.82, 2.24) is 4.90 Å². The molecule has 1 aliphatic rings. The summed E-state index contributed by atoms with van der Waals surface area (Å²) in [6.07, 6.45) is -5.09. The molecule has 18 heavy (non-hydrogen) atoms. The van der Waals surface area contributed by atoms with Crippen molar-refractivity contribution in [2.75, 3.05) is 26.2 Å². The second kappa shape index (κ2) is 6.35. The Kier molecular flexibility index (Phi) is 5.36. The first kappa shape index (κ1) is 15.2. The van der Waals surface area contributed by atoms with Crippen LogP contribution < -0.4 is 0 Å². The van der Waals surface area contributed by atoms with Crippen molar-refractivity contribution >= 4 is 5.97 Å². The number of aliphatic hydroxyl groups is 1. The largest absolute Gasteiger partial charge is 0.479 e. The lowest BCUT2D eigenvalue weighted by atomic mass is 10.2. The lowest BCUT2D eigenvalue weighted by molar-refractivity contribution is -0.156. The van der Waals surface area contributed by atoms with Crippen LogP contribution in [0.4, 0.5) is 13.2 Å². The van der Waals surface area contributed by atoms with Gasteiger partial charge in [-0.25, -0.2) is 4.79 Å². The highest BCUT2D eigenvalue weighted by Gasteiger charge is 2.35. The highest BCUT2D eigenvalue weighted by molar-refractivity contribution is 5.72. The fraction of sp³-hybridized carbons (Fsp3) is 0.900. The van der Waals surface area contributed by atoms with Gasteiger partial charge in [-0.15, -0.1) is 0 Å². The van der Waals surface area contributed by atoms with E-state index in [9.17, 15) is 18.0 Å². The number of halogens is 3. The van der Waals surface area contributed by atoms with Gasteiger partial charge in [-0.3, -0.25) is 4.90 Å². The van der Waals surface area contributed by atoms with Crippen LogP contribution in [0.15, 0.2) is 0 Å². The molecule has 0 spiro atoms. The molecule has 0 aromatic rings. The van der Waals surface area contributed by atoms with Crippen LogP contribution in [0.1, 0.15) is 12.8 Å². The van der Waals surface area contributed by atoms with E-state index in [2.05, 4.69) is 0 Å². The maximum absolute atomic E-state index is 12.2. The predicted octanol–water partition coefficient (Wildman–Crippen LogP) is 0.475. The van der Waals surface area contributed by atoms with E-state index in [0.717, 1.165) is 4.90 Å². The number of alkyl halides is 3. The van der Waals surface area contributed by atoms with Gasteiger partial charge in [0.05, 0.1) is 19.3 Å². The lowest BCUT2D eigenvalue weighted by Gasteiger charge is -2.25. The highest BCUT2D eigenvalue weighted by atomic mass is 19.4. The average molecular weight is 271 g/mol. The first-order valence-electron chi connectivity index (χ1n) is 5.60. The standard InChI is InChI=1S/C10H16F3NO4/c11-10(12,13)6-14(3-4-15)5-7-1-2-8(18-7)9(16)17/h7-8,15H,1-6H2,(H,16,17). The van der Waals surface area contributed by atoms with Crippen molar-refractivity contribution in [1.29, 1.82) is 0 Å². The molecular weight excluding hydrogens is 255 g/mol. The van der Waals surface area contributed by atoms with E-state index >= 15 is 0 Å². The molecule has 0 amide bonds. The van der Waals surface area contributed by atoms with Gasteiger partial charge >= 0.3 is 12.1 Å². The van der Waals surface area contributed by atoms with Gasteiger partial charge in [0.15, 0.2) is 6.10 Å². The van der Waals surface area contributed by atoms with Crippen molar-refractivity contribution < 1.29 is 32.9 Å². The van der Waals surface area contributed by atoms with Crippen molar-refractivity contribution in [3.05, 3.63) is 0 Å². The predicted molar refractivity (Wildman–Crippen MR) is 55.1 cm³/mol. The summed E-state index contributed by atoms with van der Waals surface area (Å²) in [4.78, 5) is 11.7. The first-order valence-corrected chi connectivity index (χ1v) is 5.60. The van der Waals surface area contributed by atoms with Crippen molar-refractivity contribution in [3.63, 3.8) is 0 Å². The topological polar surface area (TPSA) is 70.0 Å². The number of aliphatic carboxylic acids is 1. The molecule has 0 radical (unpaired) electrons. The van der Waals surface area contributed by atoms with Crippen LogP contribution in [-0.2, 0) is 9.53 Å². The molecule has 1 fully saturated rings. The van der Waals surface area contributed by atoms with Gasteiger partial charge in [-0.1, -0.05) is 0 Å². The van der Waals surface area contributed by atoms with Gasteiger partial charge < -0.3 is 14.9 Å². The van der Waals surface area contributed by atoms with E-state index in [1.165, 1.54) is 0 Å². The molecule has 0 aromatic heterocycles. The molecule has 2 N–H and O–H groups in total. The molecule has 0 bridgehead atoms. The van der Waals surface area contributed by atoms with E-state index in [1.54, 1.807) is 0 Å². The van der Waals surface area contributed by atoms with Crippen molar-refractivity contribution in [2.24, 2.45) is 0 Å². The minimum Gasteiger partial charge on any atom is -0.479 e.